The Morgan fingerprint density at radius 1 is 0.340 bits per heavy atom. The van der Waals surface area contributed by atoms with Gasteiger partial charge in [-0.15, -0.1) is 0 Å². The molecule has 50 heavy (non-hydrogen) atoms. The molecule has 6 aromatic carbocycles. The van der Waals surface area contributed by atoms with Gasteiger partial charge in [-0.1, -0.05) is 109 Å². The zero-order chi connectivity index (χ0) is 33.0. The second-order valence-corrected chi connectivity index (χ2v) is 12.5. The van der Waals surface area contributed by atoms with Crippen LogP contribution in [0.25, 0.3) is 89.0 Å². The van der Waals surface area contributed by atoms with Crippen LogP contribution in [-0.4, -0.2) is 24.1 Å². The zero-order valence-electron chi connectivity index (χ0n) is 27.0. The van der Waals surface area contributed by atoms with E-state index in [-0.39, 0.29) is 0 Å². The van der Waals surface area contributed by atoms with Crippen molar-refractivity contribution in [3.8, 4) is 45.4 Å². The molecule has 0 spiro atoms. The minimum absolute atomic E-state index is 0.657. The second kappa shape index (κ2) is 11.4. The number of para-hydroxylation sites is 4. The maximum Gasteiger partial charge on any atom is 0.160 e. The third-order valence-corrected chi connectivity index (χ3v) is 9.56. The first-order chi connectivity index (χ1) is 24.8. The molecule has 234 valence electrons. The minimum atomic E-state index is 0.657. The Morgan fingerprint density at radius 2 is 0.800 bits per heavy atom. The van der Waals surface area contributed by atoms with Gasteiger partial charge in [0.2, 0.25) is 0 Å². The van der Waals surface area contributed by atoms with Crippen LogP contribution in [-0.2, 0) is 0 Å². The molecule has 0 saturated heterocycles. The van der Waals surface area contributed by atoms with Crippen molar-refractivity contribution < 1.29 is 0 Å². The van der Waals surface area contributed by atoms with Gasteiger partial charge in [-0.2, -0.15) is 0 Å². The lowest BCUT2D eigenvalue weighted by Gasteiger charge is -2.16. The minimum Gasteiger partial charge on any atom is -0.309 e. The molecular formula is C45H29N5. The summed E-state index contributed by atoms with van der Waals surface area (Å²) < 4.78 is 4.76. The van der Waals surface area contributed by atoms with E-state index in [2.05, 4.69) is 148 Å². The van der Waals surface area contributed by atoms with E-state index in [4.69, 9.17) is 9.97 Å². The molecule has 0 unspecified atom stereocenters. The first kappa shape index (κ1) is 28.2. The van der Waals surface area contributed by atoms with Crippen LogP contribution in [0.4, 0.5) is 0 Å². The number of hydrogen-bond donors (Lipinski definition) is 0. The lowest BCUT2D eigenvalue weighted by molar-refractivity contribution is 1.12. The molecular weight excluding hydrogens is 611 g/mol. The number of hydrogen-bond acceptors (Lipinski definition) is 3. The zero-order valence-corrected chi connectivity index (χ0v) is 27.0. The largest absolute Gasteiger partial charge is 0.309 e. The summed E-state index contributed by atoms with van der Waals surface area (Å²) in [5.41, 5.74) is 11.1. The topological polar surface area (TPSA) is 48.5 Å². The monoisotopic (exact) mass is 639 g/mol. The number of pyridine rings is 1. The van der Waals surface area contributed by atoms with E-state index in [0.29, 0.717) is 5.82 Å². The van der Waals surface area contributed by atoms with Crippen LogP contribution in [0.5, 0.6) is 0 Å². The number of fused-ring (bicyclic) bond motifs is 6. The van der Waals surface area contributed by atoms with Crippen molar-refractivity contribution in [2.45, 2.75) is 0 Å². The van der Waals surface area contributed by atoms with E-state index in [1.807, 2.05) is 42.6 Å². The smallest absolute Gasteiger partial charge is 0.160 e. The van der Waals surface area contributed by atoms with Gasteiger partial charge < -0.3 is 9.13 Å². The highest BCUT2D eigenvalue weighted by Gasteiger charge is 2.19. The Bertz CT molecular complexity index is 2570. The second-order valence-electron chi connectivity index (χ2n) is 12.5. The quantitative estimate of drug-likeness (QED) is 0.188. The summed E-state index contributed by atoms with van der Waals surface area (Å²) >= 11 is 0. The summed E-state index contributed by atoms with van der Waals surface area (Å²) in [5.74, 6) is 0.657. The molecule has 0 amide bonds. The molecule has 0 aliphatic heterocycles. The fourth-order valence-electron chi connectivity index (χ4n) is 7.36. The van der Waals surface area contributed by atoms with Gasteiger partial charge in [0, 0.05) is 50.2 Å². The fraction of sp³-hybridized carbons (Fsp3) is 0. The van der Waals surface area contributed by atoms with Gasteiger partial charge in [-0.05, 0) is 60.7 Å². The van der Waals surface area contributed by atoms with E-state index in [1.165, 1.54) is 21.5 Å². The fourth-order valence-corrected chi connectivity index (χ4v) is 7.36. The number of benzene rings is 6. The average molecular weight is 640 g/mol. The van der Waals surface area contributed by atoms with E-state index < -0.39 is 0 Å². The summed E-state index contributed by atoms with van der Waals surface area (Å²) in [4.78, 5) is 14.9. The molecule has 5 nitrogen and oxygen atoms in total. The number of aromatic nitrogens is 5. The maximum atomic E-state index is 5.24. The highest BCUT2D eigenvalue weighted by Crippen LogP contribution is 2.38. The van der Waals surface area contributed by atoms with Gasteiger partial charge in [0.15, 0.2) is 5.82 Å². The molecule has 0 bridgehead atoms. The molecule has 10 aromatic rings. The average Bonchev–Trinajstić information content (AvgIpc) is 3.71. The number of rotatable bonds is 5. The molecule has 4 heterocycles. The first-order valence-electron chi connectivity index (χ1n) is 16.8. The predicted molar refractivity (Wildman–Crippen MR) is 205 cm³/mol. The molecule has 0 aliphatic carbocycles. The van der Waals surface area contributed by atoms with Gasteiger partial charge in [0.1, 0.15) is 0 Å². The van der Waals surface area contributed by atoms with E-state index in [9.17, 15) is 0 Å². The van der Waals surface area contributed by atoms with Crippen LogP contribution in [0.1, 0.15) is 0 Å². The molecule has 10 rings (SSSR count). The third kappa shape index (κ3) is 4.52. The van der Waals surface area contributed by atoms with Crippen LogP contribution in [0.15, 0.2) is 176 Å². The van der Waals surface area contributed by atoms with E-state index in [0.717, 1.165) is 61.7 Å². The van der Waals surface area contributed by atoms with Gasteiger partial charge in [-0.3, -0.25) is 4.98 Å². The Kier molecular flexibility index (Phi) is 6.42. The highest BCUT2D eigenvalue weighted by molar-refractivity contribution is 6.10. The summed E-state index contributed by atoms with van der Waals surface area (Å²) in [6.45, 7) is 0. The van der Waals surface area contributed by atoms with Crippen LogP contribution >= 0.6 is 0 Å². The summed E-state index contributed by atoms with van der Waals surface area (Å²) in [7, 11) is 0. The highest BCUT2D eigenvalue weighted by atomic mass is 15.0. The van der Waals surface area contributed by atoms with Gasteiger partial charge >= 0.3 is 0 Å². The standard InChI is InChI=1S/C45H29N5/c1-2-14-30(15-3-1)45-47-39(29-40(48-45)38-20-12-13-25-46-38)31-26-32(49-41-21-8-4-16-34(41)35-17-5-9-22-42(35)49)28-33(27-31)50-43-23-10-6-18-36(43)37-19-7-11-24-44(37)50/h1-29H. The molecule has 5 heteroatoms. The summed E-state index contributed by atoms with van der Waals surface area (Å²) in [5, 5.41) is 4.88. The Morgan fingerprint density at radius 3 is 1.30 bits per heavy atom. The van der Waals surface area contributed by atoms with Crippen LogP contribution in [0.3, 0.4) is 0 Å². The van der Waals surface area contributed by atoms with Crippen molar-refractivity contribution in [3.63, 3.8) is 0 Å². The van der Waals surface area contributed by atoms with Crippen molar-refractivity contribution in [2.24, 2.45) is 0 Å². The Balaban J connectivity index is 1.31. The maximum absolute atomic E-state index is 5.24. The molecule has 0 N–H and O–H groups in total. The number of nitrogens with zero attached hydrogens (tertiary/aromatic N) is 5. The molecule has 0 radical (unpaired) electrons. The van der Waals surface area contributed by atoms with Gasteiger partial charge in [-0.25, -0.2) is 9.97 Å². The lowest BCUT2D eigenvalue weighted by atomic mass is 10.1. The van der Waals surface area contributed by atoms with Gasteiger partial charge in [0.25, 0.3) is 0 Å². The van der Waals surface area contributed by atoms with Crippen LogP contribution in [0, 0.1) is 0 Å². The Hall–Kier alpha value is -6.85. The Labute approximate surface area is 288 Å². The molecule has 0 aliphatic rings. The molecule has 0 fully saturated rings. The van der Waals surface area contributed by atoms with Crippen molar-refractivity contribution in [1.29, 1.82) is 0 Å². The normalized spacial score (nSPS) is 11.6. The summed E-state index contributed by atoms with van der Waals surface area (Å²) in [6, 6.07) is 59.6. The van der Waals surface area contributed by atoms with Crippen molar-refractivity contribution in [3.05, 3.63) is 176 Å². The van der Waals surface area contributed by atoms with E-state index in [1.54, 1.807) is 0 Å². The van der Waals surface area contributed by atoms with Crippen molar-refractivity contribution in [1.82, 2.24) is 24.1 Å². The van der Waals surface area contributed by atoms with Crippen LogP contribution in [0.2, 0.25) is 0 Å². The predicted octanol–water partition coefficient (Wildman–Crippen LogP) is 11.1. The molecule has 0 atom stereocenters. The van der Waals surface area contributed by atoms with Crippen molar-refractivity contribution in [2.75, 3.05) is 0 Å². The first-order valence-corrected chi connectivity index (χ1v) is 16.8. The van der Waals surface area contributed by atoms with Crippen molar-refractivity contribution >= 4 is 43.6 Å². The molecule has 0 saturated carbocycles. The lowest BCUT2D eigenvalue weighted by Crippen LogP contribution is -2.02. The third-order valence-electron chi connectivity index (χ3n) is 9.56. The van der Waals surface area contributed by atoms with E-state index >= 15 is 0 Å². The molecule has 4 aromatic heterocycles. The van der Waals surface area contributed by atoms with Crippen LogP contribution < -0.4 is 0 Å². The summed E-state index contributed by atoms with van der Waals surface area (Å²) in [6.07, 6.45) is 1.81. The van der Waals surface area contributed by atoms with Gasteiger partial charge in [0.05, 0.1) is 39.1 Å². The SMILES string of the molecule is c1ccc(-c2nc(-c3cc(-n4c5ccccc5c5ccccc54)cc(-n4c5ccccc5c5ccccc54)c3)cc(-c3ccccn3)n2)cc1.